The molecule has 61 heavy (non-hydrogen) atoms. The Morgan fingerprint density at radius 1 is 1.08 bits per heavy atom. The topological polar surface area (TPSA) is 172 Å². The van der Waals surface area contributed by atoms with Gasteiger partial charge >= 0.3 is 11.9 Å². The minimum absolute atomic E-state index is 0.0252. The Bertz CT molecular complexity index is 2370. The van der Waals surface area contributed by atoms with Crippen LogP contribution in [0.3, 0.4) is 0 Å². The van der Waals surface area contributed by atoms with Crippen molar-refractivity contribution in [3.05, 3.63) is 75.4 Å². The van der Waals surface area contributed by atoms with Crippen LogP contribution in [0.4, 0.5) is 0 Å². The Kier molecular flexibility index (Phi) is 10.8. The summed E-state index contributed by atoms with van der Waals surface area (Å²) in [6.45, 7) is 10.6. The molecule has 2 saturated heterocycles. The fourth-order valence-electron chi connectivity index (χ4n) is 11.0. The van der Waals surface area contributed by atoms with Crippen molar-refractivity contribution in [3.8, 4) is 46.3 Å². The number of nitrogens with one attached hydrogen (secondary N) is 1. The summed E-state index contributed by atoms with van der Waals surface area (Å²) in [4.78, 5) is 33.3. The van der Waals surface area contributed by atoms with Crippen LogP contribution < -0.4 is 29.0 Å². The van der Waals surface area contributed by atoms with Crippen LogP contribution >= 0.6 is 11.8 Å². The lowest BCUT2D eigenvalue weighted by Gasteiger charge is -2.62. The number of aromatic hydroxyl groups is 2. The van der Waals surface area contributed by atoms with Crippen molar-refractivity contribution < 1.29 is 48.2 Å². The third-order valence-corrected chi connectivity index (χ3v) is 15.0. The Hall–Kier alpha value is -5.14. The van der Waals surface area contributed by atoms with Crippen LogP contribution in [0.1, 0.15) is 94.4 Å². The Morgan fingerprint density at radius 3 is 2.62 bits per heavy atom. The average molecular weight is 853 g/mol. The highest BCUT2D eigenvalue weighted by molar-refractivity contribution is 7.99. The van der Waals surface area contributed by atoms with Gasteiger partial charge in [0, 0.05) is 59.6 Å². The van der Waals surface area contributed by atoms with Crippen LogP contribution in [0.5, 0.6) is 40.2 Å². The Balaban J connectivity index is 1.33. The molecule has 1 unspecified atom stereocenters. The molecule has 0 radical (unpaired) electrons. The molecule has 0 amide bonds. The molecule has 14 nitrogen and oxygen atoms in total. The molecule has 322 valence electrons. The first kappa shape index (κ1) is 41.2. The van der Waals surface area contributed by atoms with E-state index in [0.717, 1.165) is 29.5 Å². The van der Waals surface area contributed by atoms with Gasteiger partial charge in [-0.3, -0.25) is 19.9 Å². The maximum Gasteiger partial charge on any atom is 0.331 e. The van der Waals surface area contributed by atoms with E-state index in [1.54, 1.807) is 19.2 Å². The number of nitrogens with zero attached hydrogens (tertiary/aromatic N) is 3. The molecule has 2 fully saturated rings. The smallest absolute Gasteiger partial charge is 0.331 e. The number of methoxy groups -OCH3 is 2. The first-order valence-corrected chi connectivity index (χ1v) is 22.1. The molecule has 15 heteroatoms. The molecule has 0 aromatic heterocycles. The quantitative estimate of drug-likeness (QED) is 0.0975. The van der Waals surface area contributed by atoms with Gasteiger partial charge in [0.25, 0.3) is 0 Å². The SMILES string of the molecule is C=CCN1[C@@H]2c3c(cc(C)c(OC)c3O)C[C@H]1[C@H](C#N)N1C2[C@@H]2SC[C@]3(NCCc4cc(O)c(OC)cc43)C(=O)OC[C@H]1c1c3c(c(C)c(OC(=O)CCCCC)c12)OCO3. The van der Waals surface area contributed by atoms with E-state index in [0.29, 0.717) is 83.2 Å². The van der Waals surface area contributed by atoms with Crippen LogP contribution in [-0.4, -0.2) is 96.5 Å². The third kappa shape index (κ3) is 6.23. The van der Waals surface area contributed by atoms with Crippen LogP contribution in [0, 0.1) is 25.2 Å². The third-order valence-electron chi connectivity index (χ3n) is 13.6. The molecule has 3 aromatic carbocycles. The lowest BCUT2D eigenvalue weighted by molar-refractivity contribution is -0.157. The number of hydrogen-bond acceptors (Lipinski definition) is 15. The lowest BCUT2D eigenvalue weighted by Crippen LogP contribution is -2.70. The van der Waals surface area contributed by atoms with Gasteiger partial charge in [-0.05, 0) is 67.5 Å². The maximum atomic E-state index is 14.9. The van der Waals surface area contributed by atoms with Crippen molar-refractivity contribution in [1.29, 1.82) is 5.26 Å². The van der Waals surface area contributed by atoms with E-state index in [1.165, 1.54) is 18.9 Å². The van der Waals surface area contributed by atoms with E-state index < -0.39 is 40.9 Å². The van der Waals surface area contributed by atoms with Crippen molar-refractivity contribution in [3.63, 3.8) is 0 Å². The summed E-state index contributed by atoms with van der Waals surface area (Å²) < 4.78 is 36.9. The second-order valence-electron chi connectivity index (χ2n) is 16.7. The summed E-state index contributed by atoms with van der Waals surface area (Å²) in [5.41, 5.74) is 4.40. The Labute approximate surface area is 359 Å². The number of unbranched alkanes of at least 4 members (excludes halogenated alkanes) is 2. The number of ether oxygens (including phenoxy) is 6. The van der Waals surface area contributed by atoms with E-state index in [2.05, 4.69) is 40.8 Å². The predicted octanol–water partition coefficient (Wildman–Crippen LogP) is 6.10. The largest absolute Gasteiger partial charge is 0.504 e. The van der Waals surface area contributed by atoms with Crippen molar-refractivity contribution >= 4 is 23.7 Å². The number of fused-ring (bicyclic) bond motifs is 9. The van der Waals surface area contributed by atoms with E-state index in [4.69, 9.17) is 28.4 Å². The van der Waals surface area contributed by atoms with Crippen molar-refractivity contribution in [2.75, 3.05) is 46.5 Å². The molecule has 0 saturated carbocycles. The molecular weight excluding hydrogens is 801 g/mol. The lowest BCUT2D eigenvalue weighted by atomic mass is 9.71. The van der Waals surface area contributed by atoms with Gasteiger partial charge < -0.3 is 38.6 Å². The van der Waals surface area contributed by atoms with Gasteiger partial charge in [0.1, 0.15) is 18.4 Å². The van der Waals surface area contributed by atoms with Crippen molar-refractivity contribution in [2.45, 2.75) is 100 Å². The number of carbonyl (C=O) groups is 2. The number of thioether (sulfide) groups is 1. The number of nitriles is 1. The first-order valence-electron chi connectivity index (χ1n) is 21.1. The summed E-state index contributed by atoms with van der Waals surface area (Å²) in [7, 11) is 3.01. The van der Waals surface area contributed by atoms with Crippen LogP contribution in [0.2, 0.25) is 0 Å². The van der Waals surface area contributed by atoms with E-state index >= 15 is 0 Å². The molecule has 7 atom stereocenters. The number of esters is 2. The second kappa shape index (κ2) is 16.0. The highest BCUT2D eigenvalue weighted by atomic mass is 32.2. The molecule has 7 aliphatic heterocycles. The number of phenolic OH excluding ortho intramolecular Hbond substituents is 2. The molecule has 3 aromatic rings. The van der Waals surface area contributed by atoms with Crippen LogP contribution in [0.25, 0.3) is 0 Å². The van der Waals surface area contributed by atoms with E-state index in [1.807, 2.05) is 19.9 Å². The van der Waals surface area contributed by atoms with Gasteiger partial charge in [-0.15, -0.1) is 18.3 Å². The molecule has 0 aliphatic carbocycles. The molecular formula is C46H52N4O10S. The normalized spacial score (nSPS) is 27.2. The van der Waals surface area contributed by atoms with Gasteiger partial charge in [-0.2, -0.15) is 5.26 Å². The van der Waals surface area contributed by atoms with Crippen molar-refractivity contribution in [1.82, 2.24) is 15.1 Å². The van der Waals surface area contributed by atoms with E-state index in [9.17, 15) is 25.1 Å². The number of carbonyl (C=O) groups excluding carboxylic acids is 2. The standard InChI is InChI=1S/C46H52N4O10S/c1-7-9-10-11-33(52)60-41-24(4)42-43(59-22-58-42)35-30-20-57-45(54)46(27-18-32(55-5)31(51)17-25(27)12-13-48-46)21-61-44(36(35)41)38-37-34-26(15-23(3)40(56-6)39(34)53)16-28(49(37)14-8-2)29(19-47)50(30)38/h8,15,17-18,28-30,37-38,44,48,51,53H,2,7,9-14,16,20-22H2,1,3-6H3/t28-,29-,30-,37+,38?,44+,46+/m0/s1. The molecule has 7 heterocycles. The summed E-state index contributed by atoms with van der Waals surface area (Å²) in [5, 5.41) is 37.5. The summed E-state index contributed by atoms with van der Waals surface area (Å²) in [6.07, 6.45) is 5.54. The second-order valence-corrected chi connectivity index (χ2v) is 17.9. The summed E-state index contributed by atoms with van der Waals surface area (Å²) in [5.74, 6) is 1.13. The summed E-state index contributed by atoms with van der Waals surface area (Å²) >= 11 is 1.49. The fraction of sp³-hybridized carbons (Fsp3) is 0.500. The van der Waals surface area contributed by atoms with Crippen LogP contribution in [-0.2, 0) is 32.7 Å². The highest BCUT2D eigenvalue weighted by Crippen LogP contribution is 2.65. The molecule has 4 bridgehead atoms. The molecule has 3 N–H and O–H groups in total. The zero-order valence-corrected chi connectivity index (χ0v) is 36.0. The van der Waals surface area contributed by atoms with Gasteiger partial charge in [-0.25, -0.2) is 4.79 Å². The Morgan fingerprint density at radius 2 is 1.89 bits per heavy atom. The number of benzene rings is 3. The summed E-state index contributed by atoms with van der Waals surface area (Å²) in [6, 6.07) is 5.14. The zero-order chi connectivity index (χ0) is 42.9. The zero-order valence-electron chi connectivity index (χ0n) is 35.2. The highest BCUT2D eigenvalue weighted by Gasteiger charge is 2.62. The molecule has 1 spiro atoms. The monoisotopic (exact) mass is 852 g/mol. The predicted molar refractivity (Wildman–Crippen MR) is 226 cm³/mol. The number of piperazine rings is 1. The molecule has 7 aliphatic rings. The minimum Gasteiger partial charge on any atom is -0.504 e. The van der Waals surface area contributed by atoms with Gasteiger partial charge in [-0.1, -0.05) is 31.9 Å². The van der Waals surface area contributed by atoms with Gasteiger partial charge in [0.2, 0.25) is 6.79 Å². The maximum absolute atomic E-state index is 14.9. The number of hydrogen-bond donors (Lipinski definition) is 3. The van der Waals surface area contributed by atoms with Crippen LogP contribution in [0.15, 0.2) is 30.9 Å². The fourth-order valence-corrected chi connectivity index (χ4v) is 12.7. The average Bonchev–Trinajstić information content (AvgIpc) is 3.74. The van der Waals surface area contributed by atoms with E-state index in [-0.39, 0.29) is 54.8 Å². The first-order chi connectivity index (χ1) is 29.5. The van der Waals surface area contributed by atoms with Gasteiger partial charge in [0.05, 0.1) is 37.6 Å². The number of phenols is 2. The number of aryl methyl sites for hydroxylation is 1. The number of rotatable bonds is 9. The molecule has 10 rings (SSSR count). The minimum atomic E-state index is -1.39. The van der Waals surface area contributed by atoms with Crippen molar-refractivity contribution in [2.24, 2.45) is 0 Å². The van der Waals surface area contributed by atoms with Gasteiger partial charge in [0.15, 0.2) is 40.0 Å².